The van der Waals surface area contributed by atoms with Gasteiger partial charge in [0.05, 0.1) is 23.0 Å². The molecule has 4 aliphatic rings. The van der Waals surface area contributed by atoms with E-state index in [1.165, 1.54) is 18.2 Å². The number of piperazine rings is 1. The lowest BCUT2D eigenvalue weighted by molar-refractivity contribution is -0.349. The van der Waals surface area contributed by atoms with Crippen molar-refractivity contribution in [3.8, 4) is 35.4 Å². The number of amides is 1. The van der Waals surface area contributed by atoms with Gasteiger partial charge in [-0.05, 0) is 96.0 Å². The average molecular weight is 749 g/mol. The van der Waals surface area contributed by atoms with E-state index in [0.717, 1.165) is 18.9 Å². The largest absolute Gasteiger partial charge is 0.508 e. The smallest absolute Gasteiger partial charge is 0.410 e. The third-order valence-corrected chi connectivity index (χ3v) is 11.3. The molecule has 1 amide bonds. The minimum Gasteiger partial charge on any atom is -0.508 e. The SMILES string of the molecule is C#Cc1c(F)ccc2cc(O)cc(-c3nc(Cl)c4c(N5CC6CCC(C5)N6C(=O)OC(C)(C)C)nc(OC(O)(O)C56CCCN5CCC6)nc4c3F)c12. The molecular weight excluding hydrogens is 710 g/mol. The second-order valence-electron chi connectivity index (χ2n) is 15.4. The number of rotatable bonds is 5. The first kappa shape index (κ1) is 35.5. The monoisotopic (exact) mass is 748 g/mol. The molecule has 4 saturated heterocycles. The van der Waals surface area contributed by atoms with Crippen LogP contribution in [0.4, 0.5) is 19.4 Å². The van der Waals surface area contributed by atoms with Crippen LogP contribution in [0.15, 0.2) is 24.3 Å². The van der Waals surface area contributed by atoms with E-state index in [0.29, 0.717) is 44.2 Å². The third-order valence-electron chi connectivity index (χ3n) is 11.0. The number of benzene rings is 2. The second kappa shape index (κ2) is 12.5. The van der Waals surface area contributed by atoms with Crippen molar-refractivity contribution in [1.82, 2.24) is 24.8 Å². The van der Waals surface area contributed by atoms with Gasteiger partial charge in [-0.25, -0.2) is 18.6 Å². The number of aromatic nitrogens is 3. The van der Waals surface area contributed by atoms with E-state index >= 15 is 4.39 Å². The third kappa shape index (κ3) is 5.76. The Bertz CT molecular complexity index is 2200. The normalized spacial score (nSPS) is 21.3. The molecule has 15 heteroatoms. The summed E-state index contributed by atoms with van der Waals surface area (Å²) >= 11 is 6.91. The quantitative estimate of drug-likeness (QED) is 0.131. The zero-order valence-corrected chi connectivity index (χ0v) is 30.3. The highest BCUT2D eigenvalue weighted by Crippen LogP contribution is 2.47. The van der Waals surface area contributed by atoms with Crippen LogP contribution in [0.2, 0.25) is 5.15 Å². The van der Waals surface area contributed by atoms with E-state index in [2.05, 4.69) is 20.9 Å². The van der Waals surface area contributed by atoms with Crippen LogP contribution in [0.1, 0.15) is 64.9 Å². The number of phenolic OH excluding ortho intramolecular Hbond substituents is 1. The molecular formula is C38H39ClF2N6O6. The summed E-state index contributed by atoms with van der Waals surface area (Å²) in [7, 11) is 0. The van der Waals surface area contributed by atoms with Gasteiger partial charge in [0.2, 0.25) is 0 Å². The highest BCUT2D eigenvalue weighted by Gasteiger charge is 2.60. The molecule has 0 radical (unpaired) electrons. The Kier molecular flexibility index (Phi) is 8.38. The molecule has 0 spiro atoms. The lowest BCUT2D eigenvalue weighted by atomic mass is 9.91. The van der Waals surface area contributed by atoms with Gasteiger partial charge in [-0.15, -0.1) is 6.42 Å². The van der Waals surface area contributed by atoms with Crippen molar-refractivity contribution < 1.29 is 38.4 Å². The molecule has 4 aromatic rings. The summed E-state index contributed by atoms with van der Waals surface area (Å²) in [6.07, 6.45) is 9.03. The van der Waals surface area contributed by atoms with Crippen LogP contribution in [0.3, 0.4) is 0 Å². The van der Waals surface area contributed by atoms with E-state index in [9.17, 15) is 24.5 Å². The number of hydrogen-bond donors (Lipinski definition) is 3. The highest BCUT2D eigenvalue weighted by atomic mass is 35.5. The van der Waals surface area contributed by atoms with Crippen molar-refractivity contribution in [2.24, 2.45) is 0 Å². The Balaban J connectivity index is 1.29. The van der Waals surface area contributed by atoms with Gasteiger partial charge in [0.25, 0.3) is 0 Å². The van der Waals surface area contributed by atoms with Crippen molar-refractivity contribution in [2.45, 2.75) is 88.5 Å². The van der Waals surface area contributed by atoms with Crippen molar-refractivity contribution in [3.63, 3.8) is 0 Å². The second-order valence-corrected chi connectivity index (χ2v) is 15.7. The number of phenols is 1. The number of nitrogens with zero attached hydrogens (tertiary/aromatic N) is 6. The number of ether oxygens (including phenoxy) is 2. The molecule has 0 aliphatic carbocycles. The van der Waals surface area contributed by atoms with Crippen LogP contribution in [0.25, 0.3) is 32.9 Å². The minimum atomic E-state index is -2.74. The molecule has 0 saturated carbocycles. The summed E-state index contributed by atoms with van der Waals surface area (Å²) in [5, 5.41) is 34.1. The Morgan fingerprint density at radius 3 is 2.36 bits per heavy atom. The molecule has 4 fully saturated rings. The Hall–Kier alpha value is -4.55. The van der Waals surface area contributed by atoms with Crippen LogP contribution in [-0.4, -0.2) is 102 Å². The van der Waals surface area contributed by atoms with E-state index in [1.54, 1.807) is 25.7 Å². The van der Waals surface area contributed by atoms with Gasteiger partial charge in [0.1, 0.15) is 44.9 Å². The fourth-order valence-corrected chi connectivity index (χ4v) is 9.11. The maximum atomic E-state index is 17.2. The summed E-state index contributed by atoms with van der Waals surface area (Å²) in [5.74, 6) is -2.30. The van der Waals surface area contributed by atoms with E-state index in [-0.39, 0.29) is 75.0 Å². The van der Waals surface area contributed by atoms with Crippen LogP contribution < -0.4 is 9.64 Å². The molecule has 12 nitrogen and oxygen atoms in total. The van der Waals surface area contributed by atoms with Crippen LogP contribution in [0.5, 0.6) is 11.8 Å². The van der Waals surface area contributed by atoms with Crippen LogP contribution in [0, 0.1) is 24.0 Å². The van der Waals surface area contributed by atoms with E-state index in [4.69, 9.17) is 27.5 Å². The molecule has 278 valence electrons. The van der Waals surface area contributed by atoms with Gasteiger partial charge < -0.3 is 29.7 Å². The van der Waals surface area contributed by atoms with Crippen molar-refractivity contribution in [2.75, 3.05) is 31.1 Å². The maximum absolute atomic E-state index is 17.2. The van der Waals surface area contributed by atoms with Gasteiger partial charge in [-0.3, -0.25) is 9.80 Å². The molecule has 2 atom stereocenters. The zero-order valence-electron chi connectivity index (χ0n) is 29.5. The van der Waals surface area contributed by atoms with Crippen LogP contribution >= 0.6 is 11.6 Å². The van der Waals surface area contributed by atoms with Crippen LogP contribution in [-0.2, 0) is 4.74 Å². The van der Waals surface area contributed by atoms with Gasteiger partial charge >= 0.3 is 18.1 Å². The molecule has 2 unspecified atom stereocenters. The van der Waals surface area contributed by atoms with Gasteiger partial charge in [0, 0.05) is 24.0 Å². The summed E-state index contributed by atoms with van der Waals surface area (Å²) in [6.45, 7) is 7.27. The number of carbonyl (C=O) groups excluding carboxylic acids is 1. The first-order valence-electron chi connectivity index (χ1n) is 17.7. The molecule has 2 bridgehead atoms. The van der Waals surface area contributed by atoms with Gasteiger partial charge in [0.15, 0.2) is 5.82 Å². The summed E-state index contributed by atoms with van der Waals surface area (Å²) in [6, 6.07) is 4.08. The predicted molar refractivity (Wildman–Crippen MR) is 192 cm³/mol. The molecule has 2 aromatic carbocycles. The fraction of sp³-hybridized carbons (Fsp3) is 0.474. The number of fused-ring (bicyclic) bond motifs is 5. The number of aromatic hydroxyl groups is 1. The number of halogens is 3. The lowest BCUT2D eigenvalue weighted by Crippen LogP contribution is -2.62. The number of aliphatic hydroxyl groups is 2. The first-order valence-corrected chi connectivity index (χ1v) is 18.1. The maximum Gasteiger partial charge on any atom is 0.410 e. The Morgan fingerprint density at radius 2 is 1.72 bits per heavy atom. The number of anilines is 1. The summed E-state index contributed by atoms with van der Waals surface area (Å²) in [5.41, 5.74) is -2.75. The summed E-state index contributed by atoms with van der Waals surface area (Å²) < 4.78 is 43.8. The fourth-order valence-electron chi connectivity index (χ4n) is 8.85. The Labute approximate surface area is 309 Å². The van der Waals surface area contributed by atoms with Crippen molar-refractivity contribution >= 4 is 45.2 Å². The van der Waals surface area contributed by atoms with Crippen molar-refractivity contribution in [3.05, 3.63) is 46.6 Å². The Morgan fingerprint density at radius 1 is 1.04 bits per heavy atom. The molecule has 3 N–H and O–H groups in total. The van der Waals surface area contributed by atoms with E-state index in [1.807, 2.05) is 9.80 Å². The molecule has 4 aliphatic heterocycles. The number of terminal acetylenes is 1. The minimum absolute atomic E-state index is 0.0150. The van der Waals surface area contributed by atoms with E-state index < -0.39 is 40.9 Å². The lowest BCUT2D eigenvalue weighted by Gasteiger charge is -2.42. The number of carbonyl (C=O) groups is 1. The number of pyridine rings is 1. The van der Waals surface area contributed by atoms with Gasteiger partial charge in [-0.2, -0.15) is 9.97 Å². The standard InChI is InChI=1S/C38H39ClF2N6O6/c1-5-24-26(40)11-8-20-16-23(48)17-25(27(20)24)30-29(41)31-28(32(39)42-30)33(45-18-21-9-10-22(19-45)47(21)35(49)53-36(2,3)4)44-34(43-31)52-38(50,51)37-12-6-14-46(37)15-7-13-37/h1,8,11,16-17,21-22,48,50-51H,6-7,9-10,12-15,18-19H2,2-4H3. The molecule has 6 heterocycles. The summed E-state index contributed by atoms with van der Waals surface area (Å²) in [4.78, 5) is 32.3. The van der Waals surface area contributed by atoms with Crippen molar-refractivity contribution in [1.29, 1.82) is 0 Å². The topological polar surface area (TPSA) is 145 Å². The predicted octanol–water partition coefficient (Wildman–Crippen LogP) is 5.70. The molecule has 53 heavy (non-hydrogen) atoms. The highest BCUT2D eigenvalue weighted by molar-refractivity contribution is 6.35. The number of hydrogen-bond acceptors (Lipinski definition) is 11. The molecule has 8 rings (SSSR count). The average Bonchev–Trinajstić information content (AvgIpc) is 3.77. The van der Waals surface area contributed by atoms with Gasteiger partial charge in [-0.1, -0.05) is 23.6 Å². The zero-order chi connectivity index (χ0) is 37.6. The molecule has 2 aromatic heterocycles. The first-order chi connectivity index (χ1) is 25.1.